The molecule has 0 bridgehead atoms. The van der Waals surface area contributed by atoms with Gasteiger partial charge in [0.1, 0.15) is 11.5 Å². The van der Waals surface area contributed by atoms with E-state index < -0.39 is 5.91 Å². The van der Waals surface area contributed by atoms with Crippen molar-refractivity contribution in [3.8, 4) is 11.5 Å². The van der Waals surface area contributed by atoms with E-state index in [1.807, 2.05) is 5.43 Å². The molecule has 23 heavy (non-hydrogen) atoms. The summed E-state index contributed by atoms with van der Waals surface area (Å²) in [6.45, 7) is -0.257. The van der Waals surface area contributed by atoms with E-state index in [1.54, 1.807) is 48.5 Å². The van der Waals surface area contributed by atoms with Gasteiger partial charge in [0, 0.05) is 0 Å². The number of methoxy groups -OCH3 is 1. The first-order chi connectivity index (χ1) is 11.2. The number of amides is 2. The number of carbonyl (C=O) groups excluding carboxylic acids is 2. The number of hydrazine groups is 1. The van der Waals surface area contributed by atoms with Crippen LogP contribution in [0, 0.1) is 0 Å². The summed E-state index contributed by atoms with van der Waals surface area (Å²) in [4.78, 5) is 23.6. The molecule has 7 heteroatoms. The molecule has 0 saturated heterocycles. The quantitative estimate of drug-likeness (QED) is 0.424. The Balaban J connectivity index is 2.01. The maximum atomic E-state index is 12.0. The largest absolute Gasteiger partial charge is 0.495 e. The fourth-order valence-electron chi connectivity index (χ4n) is 1.94. The molecule has 0 saturated carbocycles. The summed E-state index contributed by atoms with van der Waals surface area (Å²) in [5, 5.41) is 2.68. The lowest BCUT2D eigenvalue weighted by Gasteiger charge is -2.12. The lowest BCUT2D eigenvalue weighted by molar-refractivity contribution is -0.118. The van der Waals surface area contributed by atoms with E-state index in [0.717, 1.165) is 0 Å². The zero-order valence-corrected chi connectivity index (χ0v) is 12.5. The second-order valence-corrected chi connectivity index (χ2v) is 4.51. The highest BCUT2D eigenvalue weighted by molar-refractivity contribution is 5.97. The van der Waals surface area contributed by atoms with Gasteiger partial charge in [-0.05, 0) is 24.3 Å². The van der Waals surface area contributed by atoms with Crippen molar-refractivity contribution in [3.05, 3.63) is 54.1 Å². The Bertz CT molecular complexity index is 703. The van der Waals surface area contributed by atoms with Gasteiger partial charge < -0.3 is 14.8 Å². The highest BCUT2D eigenvalue weighted by Gasteiger charge is 2.13. The van der Waals surface area contributed by atoms with Crippen LogP contribution in [0.3, 0.4) is 0 Å². The number of anilines is 1. The van der Waals surface area contributed by atoms with E-state index in [-0.39, 0.29) is 23.8 Å². The zero-order valence-electron chi connectivity index (χ0n) is 12.5. The van der Waals surface area contributed by atoms with Gasteiger partial charge >= 0.3 is 0 Å². The van der Waals surface area contributed by atoms with Crippen LogP contribution in [0.5, 0.6) is 11.5 Å². The van der Waals surface area contributed by atoms with Crippen LogP contribution in [-0.2, 0) is 4.79 Å². The Hall–Kier alpha value is -3.06. The van der Waals surface area contributed by atoms with Gasteiger partial charge in [0.15, 0.2) is 6.61 Å². The Morgan fingerprint density at radius 2 is 1.70 bits per heavy atom. The molecule has 0 radical (unpaired) electrons. The number of hydrogen-bond donors (Lipinski definition) is 3. The number of rotatable bonds is 6. The molecule has 0 aromatic heterocycles. The molecule has 0 aliphatic heterocycles. The summed E-state index contributed by atoms with van der Waals surface area (Å²) in [5.41, 5.74) is 2.82. The highest BCUT2D eigenvalue weighted by Crippen LogP contribution is 2.23. The van der Waals surface area contributed by atoms with Gasteiger partial charge in [0.05, 0.1) is 18.4 Å². The molecule has 4 N–H and O–H groups in total. The molecule has 7 nitrogen and oxygen atoms in total. The van der Waals surface area contributed by atoms with Crippen LogP contribution < -0.4 is 26.1 Å². The number of benzene rings is 2. The molecule has 0 aliphatic carbocycles. The fourth-order valence-corrected chi connectivity index (χ4v) is 1.94. The first-order valence-electron chi connectivity index (χ1n) is 6.81. The predicted molar refractivity (Wildman–Crippen MR) is 85.2 cm³/mol. The van der Waals surface area contributed by atoms with Crippen molar-refractivity contribution in [2.75, 3.05) is 19.0 Å². The summed E-state index contributed by atoms with van der Waals surface area (Å²) in [6, 6.07) is 13.5. The Labute approximate surface area is 133 Å². The molecule has 0 fully saturated rings. The molecule has 0 unspecified atom stereocenters. The second kappa shape index (κ2) is 7.81. The van der Waals surface area contributed by atoms with Gasteiger partial charge in [-0.2, -0.15) is 0 Å². The smallest absolute Gasteiger partial charge is 0.268 e. The van der Waals surface area contributed by atoms with Crippen molar-refractivity contribution in [2.45, 2.75) is 0 Å². The van der Waals surface area contributed by atoms with Gasteiger partial charge in [-0.25, -0.2) is 5.84 Å². The fraction of sp³-hybridized carbons (Fsp3) is 0.125. The predicted octanol–water partition coefficient (Wildman–Crippen LogP) is 1.32. The van der Waals surface area contributed by atoms with Crippen LogP contribution in [0.15, 0.2) is 48.5 Å². The zero-order chi connectivity index (χ0) is 16.7. The van der Waals surface area contributed by atoms with Crippen molar-refractivity contribution in [2.24, 2.45) is 5.84 Å². The van der Waals surface area contributed by atoms with Crippen molar-refractivity contribution >= 4 is 17.5 Å². The van der Waals surface area contributed by atoms with Gasteiger partial charge in [-0.3, -0.25) is 15.0 Å². The monoisotopic (exact) mass is 315 g/mol. The minimum absolute atomic E-state index is 0.250. The first kappa shape index (κ1) is 16.3. The maximum Gasteiger partial charge on any atom is 0.268 e. The van der Waals surface area contributed by atoms with Crippen molar-refractivity contribution < 1.29 is 19.1 Å². The molecule has 2 aromatic carbocycles. The van der Waals surface area contributed by atoms with Gasteiger partial charge in [-0.15, -0.1) is 0 Å². The number of hydrogen-bond acceptors (Lipinski definition) is 5. The molecule has 0 atom stereocenters. The summed E-state index contributed by atoms with van der Waals surface area (Å²) in [5.74, 6) is 5.06. The SMILES string of the molecule is COc1ccccc1NC(=O)COc1ccccc1C(=O)NN. The summed E-state index contributed by atoms with van der Waals surface area (Å²) < 4.78 is 10.6. The standard InChI is InChI=1S/C16H17N3O4/c1-22-14-9-5-3-7-12(14)18-15(20)10-23-13-8-4-2-6-11(13)16(21)19-17/h2-9H,10,17H2,1H3,(H,18,20)(H,19,21). The summed E-state index contributed by atoms with van der Waals surface area (Å²) >= 11 is 0. The van der Waals surface area contributed by atoms with E-state index >= 15 is 0 Å². The second-order valence-electron chi connectivity index (χ2n) is 4.51. The molecule has 2 aromatic rings. The lowest BCUT2D eigenvalue weighted by atomic mass is 10.2. The minimum atomic E-state index is -0.495. The number of nitrogens with two attached hydrogens (primary N) is 1. The third-order valence-electron chi connectivity index (χ3n) is 3.00. The van der Waals surface area contributed by atoms with E-state index in [0.29, 0.717) is 11.4 Å². The van der Waals surface area contributed by atoms with Crippen molar-refractivity contribution in [1.82, 2.24) is 5.43 Å². The van der Waals surface area contributed by atoms with Crippen LogP contribution >= 0.6 is 0 Å². The Morgan fingerprint density at radius 1 is 1.04 bits per heavy atom. The van der Waals surface area contributed by atoms with Crippen molar-refractivity contribution in [3.63, 3.8) is 0 Å². The normalized spacial score (nSPS) is 9.83. The summed E-state index contributed by atoms with van der Waals surface area (Å²) in [6.07, 6.45) is 0. The molecule has 0 aliphatic rings. The van der Waals surface area contributed by atoms with Gasteiger partial charge in [-0.1, -0.05) is 24.3 Å². The van der Waals surface area contributed by atoms with Gasteiger partial charge in [0.25, 0.3) is 11.8 Å². The van der Waals surface area contributed by atoms with E-state index in [9.17, 15) is 9.59 Å². The lowest BCUT2D eigenvalue weighted by Crippen LogP contribution is -2.30. The molecule has 0 heterocycles. The number of nitrogens with one attached hydrogen (secondary N) is 2. The molecular formula is C16H17N3O4. The third kappa shape index (κ3) is 4.21. The molecule has 2 amide bonds. The number of ether oxygens (including phenoxy) is 2. The molecule has 0 spiro atoms. The van der Waals surface area contributed by atoms with E-state index in [1.165, 1.54) is 7.11 Å². The van der Waals surface area contributed by atoms with Crippen molar-refractivity contribution in [1.29, 1.82) is 0 Å². The average Bonchev–Trinajstić information content (AvgIpc) is 2.60. The van der Waals surface area contributed by atoms with Crippen LogP contribution in [0.25, 0.3) is 0 Å². The minimum Gasteiger partial charge on any atom is -0.495 e. The number of nitrogen functional groups attached to an aromatic ring is 1. The Morgan fingerprint density at radius 3 is 2.39 bits per heavy atom. The maximum absolute atomic E-state index is 12.0. The third-order valence-corrected chi connectivity index (χ3v) is 3.00. The van der Waals surface area contributed by atoms with Crippen LogP contribution in [0.4, 0.5) is 5.69 Å². The van der Waals surface area contributed by atoms with E-state index in [2.05, 4.69) is 5.32 Å². The first-order valence-corrected chi connectivity index (χ1v) is 6.81. The van der Waals surface area contributed by atoms with Gasteiger partial charge in [0.2, 0.25) is 0 Å². The van der Waals surface area contributed by atoms with E-state index in [4.69, 9.17) is 15.3 Å². The molecule has 2 rings (SSSR count). The van der Waals surface area contributed by atoms with Crippen LogP contribution in [0.1, 0.15) is 10.4 Å². The molecule has 120 valence electrons. The number of carbonyl (C=O) groups is 2. The Kier molecular flexibility index (Phi) is 5.54. The molecular weight excluding hydrogens is 298 g/mol. The summed E-state index contributed by atoms with van der Waals surface area (Å²) in [7, 11) is 1.52. The van der Waals surface area contributed by atoms with Crippen LogP contribution in [0.2, 0.25) is 0 Å². The topological polar surface area (TPSA) is 103 Å². The van der Waals surface area contributed by atoms with Crippen LogP contribution in [-0.4, -0.2) is 25.5 Å². The number of para-hydroxylation sites is 3. The average molecular weight is 315 g/mol. The highest BCUT2D eigenvalue weighted by atomic mass is 16.5.